The molecule has 1 aliphatic rings. The molecule has 0 fully saturated rings. The van der Waals surface area contributed by atoms with Gasteiger partial charge in [-0.2, -0.15) is 0 Å². The van der Waals surface area contributed by atoms with Gasteiger partial charge in [-0.25, -0.2) is 4.98 Å². The zero-order valence-corrected chi connectivity index (χ0v) is 13.4. The summed E-state index contributed by atoms with van der Waals surface area (Å²) in [4.78, 5) is 35.0. The zero-order valence-electron chi connectivity index (χ0n) is 12.6. The zero-order chi connectivity index (χ0) is 16.2. The maximum atomic E-state index is 12.1. The lowest BCUT2D eigenvalue weighted by Crippen LogP contribution is -2.34. The van der Waals surface area contributed by atoms with Crippen LogP contribution in [-0.2, 0) is 22.5 Å². The number of amides is 1. The Balaban J connectivity index is 1.66. The van der Waals surface area contributed by atoms with Crippen LogP contribution < -0.4 is 5.32 Å². The minimum Gasteiger partial charge on any atom is -0.468 e. The Hall–Kier alpha value is -2.32. The maximum absolute atomic E-state index is 12.1. The number of aromatic nitrogens is 2. The van der Waals surface area contributed by atoms with E-state index in [-0.39, 0.29) is 18.4 Å². The molecule has 0 saturated heterocycles. The molecule has 120 valence electrons. The summed E-state index contributed by atoms with van der Waals surface area (Å²) < 4.78 is 4.69. The normalized spacial score (nSPS) is 14.1. The van der Waals surface area contributed by atoms with Gasteiger partial charge in [0.15, 0.2) is 5.13 Å². The predicted molar refractivity (Wildman–Crippen MR) is 85.3 cm³/mol. The van der Waals surface area contributed by atoms with Crippen molar-refractivity contribution in [2.24, 2.45) is 0 Å². The van der Waals surface area contributed by atoms with Crippen LogP contribution in [0.3, 0.4) is 0 Å². The quantitative estimate of drug-likeness (QED) is 0.850. The number of anilines is 1. The molecule has 2 aromatic rings. The molecule has 0 atom stereocenters. The first-order valence-electron chi connectivity index (χ1n) is 7.16. The molecule has 0 bridgehead atoms. The lowest BCUT2D eigenvalue weighted by Gasteiger charge is -2.24. The number of rotatable bonds is 4. The van der Waals surface area contributed by atoms with Crippen molar-refractivity contribution >= 4 is 28.3 Å². The third-order valence-electron chi connectivity index (χ3n) is 3.51. The summed E-state index contributed by atoms with van der Waals surface area (Å²) >= 11 is 1.43. The van der Waals surface area contributed by atoms with E-state index in [1.54, 1.807) is 24.4 Å². The largest absolute Gasteiger partial charge is 0.468 e. The van der Waals surface area contributed by atoms with Crippen molar-refractivity contribution in [3.8, 4) is 0 Å². The number of nitrogens with zero attached hydrogens (tertiary/aromatic N) is 3. The predicted octanol–water partition coefficient (Wildman–Crippen LogP) is 1.32. The number of pyridine rings is 1. The molecule has 0 aromatic carbocycles. The summed E-state index contributed by atoms with van der Waals surface area (Å²) in [6.07, 6.45) is 2.33. The second-order valence-electron chi connectivity index (χ2n) is 5.09. The van der Waals surface area contributed by atoms with Crippen molar-refractivity contribution in [1.29, 1.82) is 0 Å². The van der Waals surface area contributed by atoms with Gasteiger partial charge in [-0.1, -0.05) is 6.07 Å². The third-order valence-corrected chi connectivity index (χ3v) is 4.51. The first kappa shape index (κ1) is 15.6. The highest BCUT2D eigenvalue weighted by molar-refractivity contribution is 7.15. The molecular formula is C15H16N4O3S. The number of thiazole rings is 1. The van der Waals surface area contributed by atoms with Crippen molar-refractivity contribution < 1.29 is 14.3 Å². The van der Waals surface area contributed by atoms with Crippen LogP contribution >= 0.6 is 11.3 Å². The van der Waals surface area contributed by atoms with Crippen LogP contribution in [0.1, 0.15) is 21.1 Å². The van der Waals surface area contributed by atoms with Crippen LogP contribution in [0.2, 0.25) is 0 Å². The maximum Gasteiger partial charge on any atom is 0.319 e. The molecule has 3 rings (SSSR count). The van der Waals surface area contributed by atoms with Crippen molar-refractivity contribution in [2.45, 2.75) is 13.0 Å². The third kappa shape index (κ3) is 3.72. The Labute approximate surface area is 137 Å². The molecule has 23 heavy (non-hydrogen) atoms. The summed E-state index contributed by atoms with van der Waals surface area (Å²) in [6.45, 7) is 1.66. The summed E-state index contributed by atoms with van der Waals surface area (Å²) in [7, 11) is 1.38. The van der Waals surface area contributed by atoms with E-state index < -0.39 is 0 Å². The monoisotopic (exact) mass is 332 g/mol. The van der Waals surface area contributed by atoms with E-state index in [4.69, 9.17) is 4.74 Å². The molecule has 1 aliphatic heterocycles. The number of fused-ring (bicyclic) bond motifs is 1. The van der Waals surface area contributed by atoms with Crippen LogP contribution in [0.4, 0.5) is 5.13 Å². The van der Waals surface area contributed by atoms with Crippen molar-refractivity contribution in [2.75, 3.05) is 25.5 Å². The van der Waals surface area contributed by atoms with Crippen LogP contribution in [0.15, 0.2) is 24.4 Å². The average Bonchev–Trinajstić information content (AvgIpc) is 2.97. The number of esters is 1. The summed E-state index contributed by atoms with van der Waals surface area (Å²) in [5.74, 6) is -0.523. The minimum atomic E-state index is -0.275. The molecule has 7 nitrogen and oxygen atoms in total. The van der Waals surface area contributed by atoms with E-state index in [0.717, 1.165) is 23.5 Å². The summed E-state index contributed by atoms with van der Waals surface area (Å²) in [5.41, 5.74) is 1.33. The average molecular weight is 332 g/mol. The van der Waals surface area contributed by atoms with Gasteiger partial charge in [-0.3, -0.25) is 24.8 Å². The van der Waals surface area contributed by atoms with Gasteiger partial charge in [0.25, 0.3) is 5.91 Å². The van der Waals surface area contributed by atoms with Crippen molar-refractivity contribution in [3.63, 3.8) is 0 Å². The Morgan fingerprint density at radius 1 is 1.43 bits per heavy atom. The van der Waals surface area contributed by atoms with Crippen LogP contribution in [0.25, 0.3) is 0 Å². The second kappa shape index (κ2) is 6.84. The van der Waals surface area contributed by atoms with E-state index in [0.29, 0.717) is 17.4 Å². The van der Waals surface area contributed by atoms with Crippen LogP contribution in [0.5, 0.6) is 0 Å². The SMILES string of the molecule is COC(=O)CN1CCc2nc(NC(=O)c3ccccn3)sc2C1. The second-order valence-corrected chi connectivity index (χ2v) is 6.18. The molecule has 0 unspecified atom stereocenters. The Bertz CT molecular complexity index is 717. The van der Waals surface area contributed by atoms with E-state index >= 15 is 0 Å². The lowest BCUT2D eigenvalue weighted by atomic mass is 10.2. The number of nitrogens with one attached hydrogen (secondary N) is 1. The standard InChI is InChI=1S/C15H16N4O3S/c1-22-13(20)9-19-7-5-10-12(8-19)23-15(17-10)18-14(21)11-4-2-3-6-16-11/h2-4,6H,5,7-9H2,1H3,(H,17,18,21). The van der Waals surface area contributed by atoms with Gasteiger partial charge in [-0.05, 0) is 12.1 Å². The van der Waals surface area contributed by atoms with E-state index in [9.17, 15) is 9.59 Å². The smallest absolute Gasteiger partial charge is 0.319 e. The van der Waals surface area contributed by atoms with Crippen LogP contribution in [-0.4, -0.2) is 46.9 Å². The van der Waals surface area contributed by atoms with Gasteiger partial charge >= 0.3 is 5.97 Å². The molecular weight excluding hydrogens is 316 g/mol. The van der Waals surface area contributed by atoms with Crippen molar-refractivity contribution in [1.82, 2.24) is 14.9 Å². The first-order chi connectivity index (χ1) is 11.2. The fourth-order valence-corrected chi connectivity index (χ4v) is 3.39. The van der Waals surface area contributed by atoms with E-state index in [1.165, 1.54) is 18.4 Å². The molecule has 3 heterocycles. The molecule has 1 amide bonds. The number of hydrogen-bond donors (Lipinski definition) is 1. The first-order valence-corrected chi connectivity index (χ1v) is 7.97. The topological polar surface area (TPSA) is 84.4 Å². The van der Waals surface area contributed by atoms with Gasteiger partial charge in [0, 0.05) is 30.6 Å². The van der Waals surface area contributed by atoms with Gasteiger partial charge in [0.1, 0.15) is 5.69 Å². The number of carbonyl (C=O) groups excluding carboxylic acids is 2. The fourth-order valence-electron chi connectivity index (χ4n) is 2.34. The number of methoxy groups -OCH3 is 1. The fraction of sp³-hybridized carbons (Fsp3) is 0.333. The molecule has 0 saturated carbocycles. The van der Waals surface area contributed by atoms with Gasteiger partial charge < -0.3 is 4.74 Å². The Morgan fingerprint density at radius 2 is 2.30 bits per heavy atom. The highest BCUT2D eigenvalue weighted by Crippen LogP contribution is 2.28. The van der Waals surface area contributed by atoms with Crippen LogP contribution in [0, 0.1) is 0 Å². The van der Waals surface area contributed by atoms with Gasteiger partial charge in [0.05, 0.1) is 19.3 Å². The molecule has 0 radical (unpaired) electrons. The highest BCUT2D eigenvalue weighted by atomic mass is 32.1. The summed E-state index contributed by atoms with van der Waals surface area (Å²) in [6, 6.07) is 5.18. The molecule has 0 aliphatic carbocycles. The Morgan fingerprint density at radius 3 is 3.04 bits per heavy atom. The molecule has 8 heteroatoms. The minimum absolute atomic E-state index is 0.248. The van der Waals surface area contributed by atoms with Crippen molar-refractivity contribution in [3.05, 3.63) is 40.7 Å². The van der Waals surface area contributed by atoms with E-state index in [1.807, 2.05) is 4.90 Å². The molecule has 0 spiro atoms. The number of hydrogen-bond acceptors (Lipinski definition) is 7. The lowest BCUT2D eigenvalue weighted by molar-refractivity contribution is -0.142. The van der Waals surface area contributed by atoms with Gasteiger partial charge in [-0.15, -0.1) is 11.3 Å². The number of ether oxygens (including phenoxy) is 1. The summed E-state index contributed by atoms with van der Waals surface area (Å²) in [5, 5.41) is 3.34. The molecule has 1 N–H and O–H groups in total. The Kier molecular flexibility index (Phi) is 4.63. The number of carbonyl (C=O) groups is 2. The van der Waals surface area contributed by atoms with E-state index in [2.05, 4.69) is 15.3 Å². The molecule has 2 aromatic heterocycles. The van der Waals surface area contributed by atoms with Gasteiger partial charge in [0.2, 0.25) is 0 Å². The highest BCUT2D eigenvalue weighted by Gasteiger charge is 2.23.